The minimum Gasteiger partial charge on any atom is -0.508 e. The first kappa shape index (κ1) is 31.7. The van der Waals surface area contributed by atoms with Gasteiger partial charge in [0.25, 0.3) is 0 Å². The SMILES string of the molecule is CC(C)c1cc(C#Cc2cccc(O)c2)c(O)c2c1C[C@]1(C)C[C@]3(C)[C@@H](C(C)C)C(O)[C@@H](C(N)=O)C(=O)[C@]3(O)C(O)[C@H]1C2=O. The summed E-state index contributed by atoms with van der Waals surface area (Å²) in [6.45, 7) is 11.0. The molecule has 234 valence electrons. The maximum atomic E-state index is 14.5. The number of Topliss-reactive ketones (excluding diaryl/α,β-unsaturated/α-hetero) is 2. The van der Waals surface area contributed by atoms with Gasteiger partial charge in [-0.15, -0.1) is 0 Å². The average Bonchev–Trinajstić information content (AvgIpc) is 2.89. The molecule has 0 heterocycles. The lowest BCUT2D eigenvalue weighted by Gasteiger charge is -2.66. The second-order valence-electron chi connectivity index (χ2n) is 14.2. The summed E-state index contributed by atoms with van der Waals surface area (Å²) >= 11 is 0. The van der Waals surface area contributed by atoms with Crippen LogP contribution in [0.2, 0.25) is 0 Å². The molecule has 44 heavy (non-hydrogen) atoms. The highest BCUT2D eigenvalue weighted by Crippen LogP contribution is 2.66. The number of ketones is 2. The number of aliphatic hydroxyl groups excluding tert-OH is 2. The summed E-state index contributed by atoms with van der Waals surface area (Å²) in [6.07, 6.45) is -3.10. The molecule has 3 aliphatic rings. The number of nitrogens with two attached hydrogens (primary N) is 1. The quantitative estimate of drug-likeness (QED) is 0.229. The van der Waals surface area contributed by atoms with Crippen molar-refractivity contribution in [2.45, 2.75) is 78.1 Å². The van der Waals surface area contributed by atoms with E-state index in [1.165, 1.54) is 12.1 Å². The minimum atomic E-state index is -2.57. The maximum absolute atomic E-state index is 14.5. The van der Waals surface area contributed by atoms with Crippen molar-refractivity contribution in [2.24, 2.45) is 40.2 Å². The van der Waals surface area contributed by atoms with E-state index in [-0.39, 0.29) is 47.3 Å². The molecule has 2 aromatic carbocycles. The zero-order chi connectivity index (χ0) is 32.7. The minimum absolute atomic E-state index is 0.0136. The van der Waals surface area contributed by atoms with Gasteiger partial charge in [0.1, 0.15) is 23.5 Å². The summed E-state index contributed by atoms with van der Waals surface area (Å²) in [5, 5.41) is 56.9. The predicted octanol–water partition coefficient (Wildman–Crippen LogP) is 2.80. The van der Waals surface area contributed by atoms with Gasteiger partial charge in [0, 0.05) is 11.0 Å². The Morgan fingerprint density at radius 1 is 1.05 bits per heavy atom. The topological polar surface area (TPSA) is 178 Å². The van der Waals surface area contributed by atoms with Crippen LogP contribution in [0.5, 0.6) is 11.5 Å². The van der Waals surface area contributed by atoms with Crippen molar-refractivity contribution in [3.63, 3.8) is 0 Å². The summed E-state index contributed by atoms with van der Waals surface area (Å²) in [7, 11) is 0. The first-order chi connectivity index (χ1) is 20.4. The Balaban J connectivity index is 1.71. The normalized spacial score (nSPS) is 34.6. The Hall–Kier alpha value is -3.71. The van der Waals surface area contributed by atoms with E-state index in [1.807, 2.05) is 34.6 Å². The number of phenolic OH excluding ortho intramolecular Hbond substituents is 2. The Labute approximate surface area is 257 Å². The van der Waals surface area contributed by atoms with E-state index in [0.717, 1.165) is 5.56 Å². The number of rotatable bonds is 3. The fourth-order valence-electron chi connectivity index (χ4n) is 8.96. The number of benzene rings is 2. The lowest BCUT2D eigenvalue weighted by molar-refractivity contribution is -0.265. The second-order valence-corrected chi connectivity index (χ2v) is 14.2. The molecular formula is C35H41NO8. The van der Waals surface area contributed by atoms with E-state index in [9.17, 15) is 39.9 Å². The molecule has 2 fully saturated rings. The molecule has 5 rings (SSSR count). The molecule has 2 aromatic rings. The molecule has 1 amide bonds. The van der Waals surface area contributed by atoms with Crippen LogP contribution in [0.1, 0.15) is 86.5 Å². The van der Waals surface area contributed by atoms with E-state index in [0.29, 0.717) is 11.1 Å². The molecular weight excluding hydrogens is 562 g/mol. The number of fused-ring (bicyclic) bond motifs is 3. The zero-order valence-corrected chi connectivity index (χ0v) is 25.9. The number of carbonyl (C=O) groups is 3. The first-order valence-corrected chi connectivity index (χ1v) is 15.1. The number of phenols is 2. The molecule has 0 spiro atoms. The van der Waals surface area contributed by atoms with Gasteiger partial charge in [0.15, 0.2) is 17.2 Å². The second kappa shape index (κ2) is 10.4. The Morgan fingerprint density at radius 3 is 2.27 bits per heavy atom. The number of aliphatic hydroxyl groups is 3. The third-order valence-corrected chi connectivity index (χ3v) is 10.6. The van der Waals surface area contributed by atoms with E-state index in [2.05, 4.69) is 11.8 Å². The van der Waals surface area contributed by atoms with Crippen molar-refractivity contribution in [3.05, 3.63) is 58.1 Å². The third kappa shape index (κ3) is 4.30. The standard InChI is InChI=1S/C35H41NO8/c1-16(2)21-13-19(11-10-18-8-7-9-20(37)12-18)27(38)23-22(21)14-33(5)15-34(6)25(17(3)4)29(40)24(32(36)43)30(41)35(34,44)31(42)26(33)28(23)39/h7-9,12-13,16-17,24-26,29,31,37-38,40,42,44H,14-15H2,1-6H3,(H2,36,43)/t24-,25+,26-,29?,31?,33-,34-,35+/m1/s1. The van der Waals surface area contributed by atoms with Crippen molar-refractivity contribution in [3.8, 4) is 23.3 Å². The lowest BCUT2D eigenvalue weighted by atomic mass is 9.39. The largest absolute Gasteiger partial charge is 0.508 e. The van der Waals surface area contributed by atoms with Crippen LogP contribution in [0, 0.1) is 46.3 Å². The van der Waals surface area contributed by atoms with Crippen LogP contribution in [0.15, 0.2) is 30.3 Å². The Kier molecular flexibility index (Phi) is 7.52. The van der Waals surface area contributed by atoms with Crippen LogP contribution in [-0.4, -0.2) is 60.8 Å². The zero-order valence-electron chi connectivity index (χ0n) is 25.9. The molecule has 2 unspecified atom stereocenters. The van der Waals surface area contributed by atoms with Crippen molar-refractivity contribution in [1.29, 1.82) is 0 Å². The third-order valence-electron chi connectivity index (χ3n) is 10.6. The monoisotopic (exact) mass is 603 g/mol. The fourth-order valence-corrected chi connectivity index (χ4v) is 8.96. The molecule has 0 aromatic heterocycles. The molecule has 0 bridgehead atoms. The van der Waals surface area contributed by atoms with E-state index >= 15 is 0 Å². The highest BCUT2D eigenvalue weighted by molar-refractivity contribution is 6.09. The highest BCUT2D eigenvalue weighted by atomic mass is 16.4. The number of aromatic hydroxyl groups is 2. The smallest absolute Gasteiger partial charge is 0.230 e. The number of amides is 1. The molecule has 3 aliphatic carbocycles. The summed E-state index contributed by atoms with van der Waals surface area (Å²) in [6, 6.07) is 8.07. The van der Waals surface area contributed by atoms with Crippen molar-refractivity contribution in [1.82, 2.24) is 0 Å². The molecule has 9 heteroatoms. The fraction of sp³-hybridized carbons (Fsp3) is 0.514. The summed E-state index contributed by atoms with van der Waals surface area (Å²) in [5.41, 5.74) is 2.66. The number of primary amides is 1. The van der Waals surface area contributed by atoms with Gasteiger partial charge in [-0.05, 0) is 71.4 Å². The summed E-state index contributed by atoms with van der Waals surface area (Å²) < 4.78 is 0. The van der Waals surface area contributed by atoms with Crippen LogP contribution >= 0.6 is 0 Å². The summed E-state index contributed by atoms with van der Waals surface area (Å²) in [5.74, 6) is -1.62. The van der Waals surface area contributed by atoms with Crippen LogP contribution in [0.25, 0.3) is 0 Å². The van der Waals surface area contributed by atoms with Crippen LogP contribution in [0.3, 0.4) is 0 Å². The van der Waals surface area contributed by atoms with Gasteiger partial charge in [-0.25, -0.2) is 0 Å². The molecule has 2 saturated carbocycles. The number of carbonyl (C=O) groups excluding carboxylic acids is 3. The average molecular weight is 604 g/mol. The van der Waals surface area contributed by atoms with Gasteiger partial charge in [-0.1, -0.05) is 59.4 Å². The van der Waals surface area contributed by atoms with Gasteiger partial charge >= 0.3 is 0 Å². The van der Waals surface area contributed by atoms with E-state index in [1.54, 1.807) is 25.1 Å². The van der Waals surface area contributed by atoms with Gasteiger partial charge in [0.05, 0.1) is 23.1 Å². The Bertz CT molecular complexity index is 1630. The molecule has 0 radical (unpaired) electrons. The molecule has 8 atom stereocenters. The van der Waals surface area contributed by atoms with E-state index in [4.69, 9.17) is 5.73 Å². The van der Waals surface area contributed by atoms with Crippen molar-refractivity contribution >= 4 is 17.5 Å². The van der Waals surface area contributed by atoms with Gasteiger partial charge < -0.3 is 31.3 Å². The van der Waals surface area contributed by atoms with Crippen molar-refractivity contribution in [2.75, 3.05) is 0 Å². The molecule has 9 nitrogen and oxygen atoms in total. The predicted molar refractivity (Wildman–Crippen MR) is 162 cm³/mol. The van der Waals surface area contributed by atoms with Gasteiger partial charge in [0.2, 0.25) is 5.91 Å². The number of hydrogen-bond donors (Lipinski definition) is 6. The van der Waals surface area contributed by atoms with Crippen LogP contribution in [0.4, 0.5) is 0 Å². The first-order valence-electron chi connectivity index (χ1n) is 15.1. The van der Waals surface area contributed by atoms with Gasteiger partial charge in [-0.2, -0.15) is 0 Å². The number of hydrogen-bond acceptors (Lipinski definition) is 8. The summed E-state index contributed by atoms with van der Waals surface area (Å²) in [4.78, 5) is 40.8. The molecule has 7 N–H and O–H groups in total. The van der Waals surface area contributed by atoms with Crippen LogP contribution in [-0.2, 0) is 16.0 Å². The lowest BCUT2D eigenvalue weighted by Crippen LogP contribution is -2.79. The molecule has 0 aliphatic heterocycles. The van der Waals surface area contributed by atoms with Gasteiger partial charge in [-0.3, -0.25) is 14.4 Å². The highest BCUT2D eigenvalue weighted by Gasteiger charge is 2.76. The van der Waals surface area contributed by atoms with Crippen molar-refractivity contribution < 1.29 is 39.9 Å². The Morgan fingerprint density at radius 2 is 1.70 bits per heavy atom. The maximum Gasteiger partial charge on any atom is 0.230 e. The van der Waals surface area contributed by atoms with E-state index < -0.39 is 63.9 Å². The molecule has 0 saturated heterocycles. The van der Waals surface area contributed by atoms with Crippen LogP contribution < -0.4 is 5.73 Å².